The minimum atomic E-state index is -4.76. The monoisotopic (exact) mass is 634 g/mol. The van der Waals surface area contributed by atoms with Gasteiger partial charge in [-0.05, 0) is 80.3 Å². The van der Waals surface area contributed by atoms with Gasteiger partial charge in [0.2, 0.25) is 0 Å². The number of piperidine rings is 1. The lowest BCUT2D eigenvalue weighted by Crippen LogP contribution is -2.54. The molecule has 2 fully saturated rings. The predicted molar refractivity (Wildman–Crippen MR) is 155 cm³/mol. The summed E-state index contributed by atoms with van der Waals surface area (Å²) in [5.74, 6) is 0.120. The van der Waals surface area contributed by atoms with Crippen molar-refractivity contribution in [3.63, 3.8) is 0 Å². The zero-order valence-corrected chi connectivity index (χ0v) is 24.1. The third-order valence-corrected chi connectivity index (χ3v) is 8.18. The van der Waals surface area contributed by atoms with Crippen molar-refractivity contribution in [2.24, 2.45) is 0 Å². The summed E-state index contributed by atoms with van der Waals surface area (Å²) in [6.45, 7) is 1.67. The van der Waals surface area contributed by atoms with E-state index in [1.165, 1.54) is 35.1 Å². The third-order valence-electron chi connectivity index (χ3n) is 8.18. The highest BCUT2D eigenvalue weighted by Crippen LogP contribution is 2.31. The lowest BCUT2D eigenvalue weighted by atomic mass is 9.89. The molecule has 1 saturated carbocycles. The number of rotatable bonds is 8. The van der Waals surface area contributed by atoms with E-state index in [0.717, 1.165) is 63.4 Å². The van der Waals surface area contributed by atoms with Gasteiger partial charge in [0.25, 0.3) is 6.01 Å². The summed E-state index contributed by atoms with van der Waals surface area (Å²) in [6, 6.07) is 14.6. The van der Waals surface area contributed by atoms with Crippen molar-refractivity contribution in [3.8, 4) is 22.8 Å². The molecule has 2 aromatic heterocycles. The molecule has 0 bridgehead atoms. The number of hydrogen-bond acceptors (Lipinski definition) is 7. The zero-order valence-electron chi connectivity index (χ0n) is 24.1. The van der Waals surface area contributed by atoms with Crippen LogP contribution in [0.3, 0.4) is 0 Å². The van der Waals surface area contributed by atoms with Crippen LogP contribution in [0.2, 0.25) is 0 Å². The molecule has 3 heterocycles. The van der Waals surface area contributed by atoms with Gasteiger partial charge in [-0.15, -0.1) is 13.2 Å². The van der Waals surface area contributed by atoms with Crippen molar-refractivity contribution < 1.29 is 35.5 Å². The molecule has 8 nitrogen and oxygen atoms in total. The molecule has 0 unspecified atom stereocenters. The Morgan fingerprint density at radius 2 is 1.53 bits per heavy atom. The third kappa shape index (κ3) is 7.72. The predicted octanol–water partition coefficient (Wildman–Crippen LogP) is 7.43. The van der Waals surface area contributed by atoms with E-state index in [9.17, 15) is 26.3 Å². The summed E-state index contributed by atoms with van der Waals surface area (Å²) in [5, 5.41) is 10.9. The first-order valence-corrected chi connectivity index (χ1v) is 14.8. The van der Waals surface area contributed by atoms with Crippen LogP contribution in [0.4, 0.5) is 38.0 Å². The van der Waals surface area contributed by atoms with E-state index < -0.39 is 18.2 Å². The van der Waals surface area contributed by atoms with Crippen LogP contribution in [0, 0.1) is 0 Å². The molecular formula is C31H32F6N6O2. The molecule has 2 aliphatic rings. The van der Waals surface area contributed by atoms with E-state index in [1.807, 2.05) is 12.1 Å². The summed E-state index contributed by atoms with van der Waals surface area (Å²) in [7, 11) is 0. The number of aromatic nitrogens is 3. The van der Waals surface area contributed by atoms with Gasteiger partial charge in [0.15, 0.2) is 11.5 Å². The molecule has 0 radical (unpaired) electrons. The van der Waals surface area contributed by atoms with Gasteiger partial charge in [0.05, 0.1) is 11.9 Å². The van der Waals surface area contributed by atoms with Gasteiger partial charge in [0, 0.05) is 48.7 Å². The van der Waals surface area contributed by atoms with E-state index in [1.54, 1.807) is 18.3 Å². The van der Waals surface area contributed by atoms with Gasteiger partial charge >= 0.3 is 12.5 Å². The van der Waals surface area contributed by atoms with Gasteiger partial charge in [-0.2, -0.15) is 18.3 Å². The van der Waals surface area contributed by atoms with Crippen molar-refractivity contribution in [1.82, 2.24) is 20.1 Å². The first-order valence-electron chi connectivity index (χ1n) is 14.8. The van der Waals surface area contributed by atoms with E-state index in [4.69, 9.17) is 4.42 Å². The van der Waals surface area contributed by atoms with E-state index in [-0.39, 0.29) is 23.9 Å². The number of ether oxygens (including phenoxy) is 1. The van der Waals surface area contributed by atoms with Gasteiger partial charge < -0.3 is 24.7 Å². The Bertz CT molecular complexity index is 1550. The maximum Gasteiger partial charge on any atom is 0.573 e. The average molecular weight is 635 g/mol. The van der Waals surface area contributed by atoms with Crippen molar-refractivity contribution in [1.29, 1.82) is 0 Å². The molecule has 1 aliphatic carbocycles. The van der Waals surface area contributed by atoms with Gasteiger partial charge in [0.1, 0.15) is 5.75 Å². The standard InChI is InChI=1S/C31H32F6N6O2/c32-30(33,34)28-15-17-43(41-28)23-11-9-22(10-12-23)42-16-3-4-21(19-42)39-25-5-1-2-6-26(25)40-29-38-18-27(44-29)20-7-13-24(14-8-20)45-31(35,36)37/h7-15,17-18,21,25-26,39H,1-6,16,19H2,(H,38,40)/t21-,25+,26+/m0/s1. The zero-order chi connectivity index (χ0) is 31.6. The maximum absolute atomic E-state index is 12.9. The number of benzene rings is 2. The molecule has 1 saturated heterocycles. The van der Waals surface area contributed by atoms with E-state index >= 15 is 0 Å². The number of oxazole rings is 1. The highest BCUT2D eigenvalue weighted by molar-refractivity contribution is 5.58. The lowest BCUT2D eigenvalue weighted by Gasteiger charge is -2.40. The summed E-state index contributed by atoms with van der Waals surface area (Å²) in [5.41, 5.74) is 1.20. The maximum atomic E-state index is 12.9. The molecule has 240 valence electrons. The Hall–Kier alpha value is -4.20. The molecule has 4 aromatic rings. The summed E-state index contributed by atoms with van der Waals surface area (Å²) < 4.78 is 87.3. The van der Waals surface area contributed by atoms with E-state index in [0.29, 0.717) is 23.0 Å². The Kier molecular flexibility index (Phi) is 8.67. The minimum Gasteiger partial charge on any atom is -0.424 e. The molecule has 3 atom stereocenters. The second-order valence-corrected chi connectivity index (χ2v) is 11.4. The second kappa shape index (κ2) is 12.7. The Morgan fingerprint density at radius 1 is 0.822 bits per heavy atom. The molecule has 6 rings (SSSR count). The second-order valence-electron chi connectivity index (χ2n) is 11.4. The SMILES string of the molecule is FC(F)(F)Oc1ccc(-c2cnc(N[C@@H]3CCCC[C@H]3N[C@H]3CCCN(c4ccc(-n5ccc(C(F)(F)F)n5)cc4)C3)o2)cc1. The number of alkyl halides is 6. The van der Waals surface area contributed by atoms with E-state index in [2.05, 4.69) is 30.4 Å². The minimum absolute atomic E-state index is 0.0816. The quantitative estimate of drug-likeness (QED) is 0.195. The van der Waals surface area contributed by atoms with Crippen molar-refractivity contribution in [3.05, 3.63) is 72.7 Å². The Labute approximate surface area is 255 Å². The topological polar surface area (TPSA) is 80.4 Å². The molecule has 2 aromatic carbocycles. The Balaban J connectivity index is 1.05. The first kappa shape index (κ1) is 30.8. The van der Waals surface area contributed by atoms with Crippen molar-refractivity contribution >= 4 is 11.7 Å². The first-order chi connectivity index (χ1) is 21.5. The largest absolute Gasteiger partial charge is 0.573 e. The van der Waals surface area contributed by atoms with Crippen LogP contribution in [0.15, 0.2) is 71.4 Å². The fourth-order valence-electron chi connectivity index (χ4n) is 6.04. The lowest BCUT2D eigenvalue weighted by molar-refractivity contribution is -0.274. The fraction of sp³-hybridized carbons (Fsp3) is 0.419. The van der Waals surface area contributed by atoms with Crippen LogP contribution >= 0.6 is 0 Å². The van der Waals surface area contributed by atoms with Crippen LogP contribution in [0.1, 0.15) is 44.2 Å². The average Bonchev–Trinajstić information content (AvgIpc) is 3.69. The smallest absolute Gasteiger partial charge is 0.424 e. The molecule has 0 amide bonds. The van der Waals surface area contributed by atoms with Crippen LogP contribution in [0.5, 0.6) is 5.75 Å². The molecule has 45 heavy (non-hydrogen) atoms. The number of nitrogens with one attached hydrogen (secondary N) is 2. The highest BCUT2D eigenvalue weighted by Gasteiger charge is 2.34. The Morgan fingerprint density at radius 3 is 2.22 bits per heavy atom. The summed E-state index contributed by atoms with van der Waals surface area (Å²) in [6.07, 6.45) is -0.306. The fourth-order valence-corrected chi connectivity index (χ4v) is 6.04. The van der Waals surface area contributed by atoms with Crippen LogP contribution in [-0.2, 0) is 6.18 Å². The van der Waals surface area contributed by atoms with Crippen LogP contribution < -0.4 is 20.3 Å². The van der Waals surface area contributed by atoms with Gasteiger partial charge in [-0.3, -0.25) is 0 Å². The molecule has 2 N–H and O–H groups in total. The molecular weight excluding hydrogens is 602 g/mol. The molecule has 14 heteroatoms. The summed E-state index contributed by atoms with van der Waals surface area (Å²) in [4.78, 5) is 6.64. The number of nitrogens with zero attached hydrogens (tertiary/aromatic N) is 4. The van der Waals surface area contributed by atoms with Crippen molar-refractivity contribution in [2.75, 3.05) is 23.3 Å². The highest BCUT2D eigenvalue weighted by atomic mass is 19.4. The molecule has 1 aliphatic heterocycles. The summed E-state index contributed by atoms with van der Waals surface area (Å²) >= 11 is 0. The van der Waals surface area contributed by atoms with Gasteiger partial charge in [-0.25, -0.2) is 9.67 Å². The normalized spacial score (nSPS) is 21.1. The number of anilines is 2. The van der Waals surface area contributed by atoms with Crippen LogP contribution in [-0.4, -0.2) is 52.3 Å². The van der Waals surface area contributed by atoms with Gasteiger partial charge in [-0.1, -0.05) is 12.8 Å². The number of hydrogen-bond donors (Lipinski definition) is 2. The van der Waals surface area contributed by atoms with Crippen molar-refractivity contribution in [2.45, 2.75) is 69.2 Å². The van der Waals surface area contributed by atoms with Crippen LogP contribution in [0.25, 0.3) is 17.0 Å². The number of halogens is 6. The molecule has 0 spiro atoms.